The molecule has 2 aliphatic heterocycles. The predicted octanol–water partition coefficient (Wildman–Crippen LogP) is 1.81. The van der Waals surface area contributed by atoms with E-state index >= 15 is 0 Å². The van der Waals surface area contributed by atoms with Gasteiger partial charge in [0.25, 0.3) is 0 Å². The molecule has 3 atom stereocenters. The van der Waals surface area contributed by atoms with Gasteiger partial charge in [-0.05, 0) is 38.6 Å². The maximum Gasteiger partial charge on any atom is 0.0963 e. The lowest BCUT2D eigenvalue weighted by Gasteiger charge is -2.46. The van der Waals surface area contributed by atoms with E-state index in [1.165, 1.54) is 32.1 Å². The molecule has 0 aromatic rings. The van der Waals surface area contributed by atoms with Crippen LogP contribution in [0.15, 0.2) is 0 Å². The molecule has 4 heteroatoms. The molecular formula is C16H29NO3. The Kier molecular flexibility index (Phi) is 4.65. The topological polar surface area (TPSA) is 41.9 Å². The van der Waals surface area contributed by atoms with Gasteiger partial charge in [0.1, 0.15) is 0 Å². The number of aliphatic hydroxyl groups is 1. The van der Waals surface area contributed by atoms with Crippen LogP contribution in [-0.4, -0.2) is 61.2 Å². The fourth-order valence-electron chi connectivity index (χ4n) is 4.22. The van der Waals surface area contributed by atoms with E-state index in [1.54, 1.807) is 0 Å². The maximum atomic E-state index is 10.7. The molecule has 3 rings (SSSR count). The molecule has 1 aliphatic carbocycles. The van der Waals surface area contributed by atoms with E-state index in [9.17, 15) is 5.11 Å². The Hall–Kier alpha value is -0.160. The highest BCUT2D eigenvalue weighted by molar-refractivity contribution is 4.93. The molecule has 20 heavy (non-hydrogen) atoms. The van der Waals surface area contributed by atoms with Gasteiger partial charge in [0.2, 0.25) is 0 Å². The molecule has 116 valence electrons. The second-order valence-corrected chi connectivity index (χ2v) is 7.01. The highest BCUT2D eigenvalue weighted by Gasteiger charge is 2.42. The Morgan fingerprint density at radius 1 is 1.20 bits per heavy atom. The summed E-state index contributed by atoms with van der Waals surface area (Å²) in [5.74, 6) is 0.346. The summed E-state index contributed by atoms with van der Waals surface area (Å²) in [7, 11) is 2.11. The molecule has 0 aromatic heterocycles. The fraction of sp³-hybridized carbons (Fsp3) is 1.00. The summed E-state index contributed by atoms with van der Waals surface area (Å²) in [5, 5.41) is 10.7. The molecule has 1 N–H and O–H groups in total. The third-order valence-corrected chi connectivity index (χ3v) is 5.46. The number of hydrogen-bond acceptors (Lipinski definition) is 4. The van der Waals surface area contributed by atoms with Crippen molar-refractivity contribution in [2.45, 2.75) is 62.8 Å². The Morgan fingerprint density at radius 2 is 2.00 bits per heavy atom. The first-order valence-corrected chi connectivity index (χ1v) is 8.31. The summed E-state index contributed by atoms with van der Waals surface area (Å²) in [6, 6.07) is 0. The first kappa shape index (κ1) is 14.8. The molecule has 4 nitrogen and oxygen atoms in total. The second kappa shape index (κ2) is 6.30. The van der Waals surface area contributed by atoms with Crippen LogP contribution in [0.1, 0.15) is 44.9 Å². The highest BCUT2D eigenvalue weighted by Crippen LogP contribution is 2.42. The Bertz CT molecular complexity index is 311. The molecule has 0 bridgehead atoms. The molecule has 3 aliphatic rings. The van der Waals surface area contributed by atoms with Crippen molar-refractivity contribution in [3.63, 3.8) is 0 Å². The molecule has 2 saturated heterocycles. The quantitative estimate of drug-likeness (QED) is 0.839. The monoisotopic (exact) mass is 283 g/mol. The molecule has 0 radical (unpaired) electrons. The summed E-state index contributed by atoms with van der Waals surface area (Å²) >= 11 is 0. The van der Waals surface area contributed by atoms with Crippen LogP contribution in [0.25, 0.3) is 0 Å². The van der Waals surface area contributed by atoms with Crippen LogP contribution in [0.3, 0.4) is 0 Å². The van der Waals surface area contributed by atoms with E-state index in [0.717, 1.165) is 39.1 Å². The van der Waals surface area contributed by atoms with Crippen LogP contribution in [-0.2, 0) is 9.47 Å². The minimum atomic E-state index is -0.333. The molecule has 0 amide bonds. The Labute approximate surface area is 122 Å². The number of likely N-dealkylation sites (N-methyl/N-ethyl adjacent to an activating group) is 1. The second-order valence-electron chi connectivity index (χ2n) is 7.01. The van der Waals surface area contributed by atoms with Crippen molar-refractivity contribution < 1.29 is 14.6 Å². The standard InChI is InChI=1S/C16H29NO3/c1-17-8-10-19-14(12-17)15(18)13-5-9-20-16(11-13)6-3-2-4-7-16/h13-15,18H,2-12H2,1H3. The smallest absolute Gasteiger partial charge is 0.0963 e. The first-order valence-electron chi connectivity index (χ1n) is 8.31. The Morgan fingerprint density at radius 3 is 2.75 bits per heavy atom. The molecule has 2 heterocycles. The number of aliphatic hydroxyl groups excluding tert-OH is 1. The van der Waals surface area contributed by atoms with E-state index in [4.69, 9.17) is 9.47 Å². The van der Waals surface area contributed by atoms with Gasteiger partial charge in [-0.15, -0.1) is 0 Å². The number of rotatable bonds is 2. The molecular weight excluding hydrogens is 254 g/mol. The van der Waals surface area contributed by atoms with Gasteiger partial charge in [0.15, 0.2) is 0 Å². The van der Waals surface area contributed by atoms with Crippen molar-refractivity contribution in [3.05, 3.63) is 0 Å². The summed E-state index contributed by atoms with van der Waals surface area (Å²) in [5.41, 5.74) is 0.0721. The average molecular weight is 283 g/mol. The zero-order chi connectivity index (χ0) is 14.0. The fourth-order valence-corrected chi connectivity index (χ4v) is 4.22. The normalized spacial score (nSPS) is 36.9. The van der Waals surface area contributed by atoms with Crippen molar-refractivity contribution in [2.24, 2.45) is 5.92 Å². The van der Waals surface area contributed by atoms with Crippen LogP contribution in [0.2, 0.25) is 0 Å². The molecule has 3 unspecified atom stereocenters. The molecule has 3 fully saturated rings. The molecule has 0 aromatic carbocycles. The van der Waals surface area contributed by atoms with Crippen molar-refractivity contribution in [3.8, 4) is 0 Å². The van der Waals surface area contributed by atoms with Crippen molar-refractivity contribution >= 4 is 0 Å². The zero-order valence-corrected chi connectivity index (χ0v) is 12.7. The summed E-state index contributed by atoms with van der Waals surface area (Å²) in [6.07, 6.45) is 7.93. The van der Waals surface area contributed by atoms with E-state index < -0.39 is 0 Å². The lowest BCUT2D eigenvalue weighted by molar-refractivity contribution is -0.160. The van der Waals surface area contributed by atoms with Crippen molar-refractivity contribution in [1.82, 2.24) is 4.90 Å². The summed E-state index contributed by atoms with van der Waals surface area (Å²) < 4.78 is 11.9. The number of hydrogen-bond donors (Lipinski definition) is 1. The van der Waals surface area contributed by atoms with Gasteiger partial charge in [-0.1, -0.05) is 19.3 Å². The van der Waals surface area contributed by atoms with Crippen LogP contribution in [0, 0.1) is 5.92 Å². The van der Waals surface area contributed by atoms with Crippen LogP contribution in [0.4, 0.5) is 0 Å². The average Bonchev–Trinajstić information content (AvgIpc) is 2.47. The van der Waals surface area contributed by atoms with Crippen LogP contribution < -0.4 is 0 Å². The third-order valence-electron chi connectivity index (χ3n) is 5.46. The summed E-state index contributed by atoms with van der Waals surface area (Å²) in [6.45, 7) is 3.38. The SMILES string of the molecule is CN1CCOC(C(O)C2CCOC3(CCCCC3)C2)C1. The predicted molar refractivity (Wildman–Crippen MR) is 77.7 cm³/mol. The highest BCUT2D eigenvalue weighted by atomic mass is 16.5. The number of nitrogens with zero attached hydrogens (tertiary/aromatic N) is 1. The van der Waals surface area contributed by atoms with E-state index in [0.29, 0.717) is 5.92 Å². The van der Waals surface area contributed by atoms with Gasteiger partial charge < -0.3 is 19.5 Å². The van der Waals surface area contributed by atoms with E-state index in [-0.39, 0.29) is 17.8 Å². The largest absolute Gasteiger partial charge is 0.390 e. The first-order chi connectivity index (χ1) is 9.69. The van der Waals surface area contributed by atoms with Gasteiger partial charge in [-0.25, -0.2) is 0 Å². The van der Waals surface area contributed by atoms with E-state index in [1.807, 2.05) is 0 Å². The van der Waals surface area contributed by atoms with Crippen molar-refractivity contribution in [1.29, 1.82) is 0 Å². The maximum absolute atomic E-state index is 10.7. The minimum Gasteiger partial charge on any atom is -0.390 e. The van der Waals surface area contributed by atoms with Crippen molar-refractivity contribution in [2.75, 3.05) is 33.4 Å². The van der Waals surface area contributed by atoms with Gasteiger partial charge in [0, 0.05) is 19.7 Å². The number of ether oxygens (including phenoxy) is 2. The third kappa shape index (κ3) is 3.19. The van der Waals surface area contributed by atoms with Crippen LogP contribution in [0.5, 0.6) is 0 Å². The number of morpholine rings is 1. The van der Waals surface area contributed by atoms with Gasteiger partial charge in [-0.2, -0.15) is 0 Å². The van der Waals surface area contributed by atoms with Gasteiger partial charge in [-0.3, -0.25) is 0 Å². The lowest BCUT2D eigenvalue weighted by Crippen LogP contribution is -2.52. The summed E-state index contributed by atoms with van der Waals surface area (Å²) in [4.78, 5) is 2.26. The Balaban J connectivity index is 1.60. The van der Waals surface area contributed by atoms with Gasteiger partial charge >= 0.3 is 0 Å². The minimum absolute atomic E-state index is 0.0162. The van der Waals surface area contributed by atoms with Crippen LogP contribution >= 0.6 is 0 Å². The zero-order valence-electron chi connectivity index (χ0n) is 12.7. The molecule has 1 spiro atoms. The molecule has 1 saturated carbocycles. The lowest BCUT2D eigenvalue weighted by atomic mass is 9.74. The van der Waals surface area contributed by atoms with E-state index in [2.05, 4.69) is 11.9 Å². The van der Waals surface area contributed by atoms with Gasteiger partial charge in [0.05, 0.1) is 24.4 Å².